The first-order valence-corrected chi connectivity index (χ1v) is 5.98. The summed E-state index contributed by atoms with van der Waals surface area (Å²) in [5, 5.41) is 6.79. The summed E-state index contributed by atoms with van der Waals surface area (Å²) >= 11 is 0. The van der Waals surface area contributed by atoms with E-state index in [1.807, 2.05) is 0 Å². The summed E-state index contributed by atoms with van der Waals surface area (Å²) in [5.74, 6) is 0. The Morgan fingerprint density at radius 3 is 3.06 bits per heavy atom. The van der Waals surface area contributed by atoms with Gasteiger partial charge >= 0.3 is 0 Å². The predicted octanol–water partition coefficient (Wildman–Crippen LogP) is 1.79. The molecule has 1 aliphatic heterocycles. The Morgan fingerprint density at radius 2 is 2.31 bits per heavy atom. The highest BCUT2D eigenvalue weighted by Gasteiger charge is 2.12. The summed E-state index contributed by atoms with van der Waals surface area (Å²) in [7, 11) is 0. The van der Waals surface area contributed by atoms with Crippen molar-refractivity contribution in [3.8, 4) is 0 Å². The molecule has 1 aliphatic rings. The van der Waals surface area contributed by atoms with Crippen LogP contribution in [0.5, 0.6) is 0 Å². The van der Waals surface area contributed by atoms with Crippen LogP contribution in [-0.2, 0) is 4.74 Å². The first-order valence-electron chi connectivity index (χ1n) is 5.98. The number of benzene rings is 1. The van der Waals surface area contributed by atoms with E-state index in [9.17, 15) is 0 Å². The van der Waals surface area contributed by atoms with Crippen molar-refractivity contribution in [3.05, 3.63) is 29.8 Å². The van der Waals surface area contributed by atoms with Crippen LogP contribution in [0.15, 0.2) is 24.3 Å². The average molecular weight is 220 g/mol. The smallest absolute Gasteiger partial charge is 0.0716 e. The van der Waals surface area contributed by atoms with Crippen molar-refractivity contribution >= 4 is 5.69 Å². The van der Waals surface area contributed by atoms with Crippen LogP contribution in [0.4, 0.5) is 5.69 Å². The molecule has 0 radical (unpaired) electrons. The zero-order valence-corrected chi connectivity index (χ0v) is 9.83. The van der Waals surface area contributed by atoms with Crippen molar-refractivity contribution < 1.29 is 4.74 Å². The van der Waals surface area contributed by atoms with E-state index in [1.165, 1.54) is 11.3 Å². The molecule has 1 unspecified atom stereocenters. The van der Waals surface area contributed by atoms with Crippen molar-refractivity contribution in [2.24, 2.45) is 0 Å². The molecule has 3 heteroatoms. The Bertz CT molecular complexity index is 321. The molecule has 0 bridgehead atoms. The van der Waals surface area contributed by atoms with Gasteiger partial charge in [0, 0.05) is 25.3 Å². The van der Waals surface area contributed by atoms with E-state index < -0.39 is 0 Å². The van der Waals surface area contributed by atoms with Crippen molar-refractivity contribution in [2.45, 2.75) is 19.4 Å². The highest BCUT2D eigenvalue weighted by Crippen LogP contribution is 2.13. The second kappa shape index (κ2) is 5.87. The summed E-state index contributed by atoms with van der Waals surface area (Å²) in [6, 6.07) is 8.37. The second-order valence-electron chi connectivity index (χ2n) is 4.23. The van der Waals surface area contributed by atoms with Gasteiger partial charge in [0.1, 0.15) is 0 Å². The third kappa shape index (κ3) is 3.22. The topological polar surface area (TPSA) is 33.3 Å². The van der Waals surface area contributed by atoms with Gasteiger partial charge < -0.3 is 15.4 Å². The number of anilines is 1. The fourth-order valence-electron chi connectivity index (χ4n) is 1.94. The molecule has 2 N–H and O–H groups in total. The van der Waals surface area contributed by atoms with E-state index in [2.05, 4.69) is 41.8 Å². The molecule has 0 spiro atoms. The van der Waals surface area contributed by atoms with Gasteiger partial charge in [0.25, 0.3) is 0 Å². The molecule has 88 valence electrons. The number of rotatable bonds is 4. The average Bonchev–Trinajstić information content (AvgIpc) is 2.33. The van der Waals surface area contributed by atoms with Gasteiger partial charge in [-0.15, -0.1) is 0 Å². The summed E-state index contributed by atoms with van der Waals surface area (Å²) < 4.78 is 5.64. The molecule has 1 aromatic rings. The fourth-order valence-corrected chi connectivity index (χ4v) is 1.94. The Kier molecular flexibility index (Phi) is 4.19. The molecule has 2 rings (SSSR count). The number of hydrogen-bond donors (Lipinski definition) is 2. The van der Waals surface area contributed by atoms with Gasteiger partial charge in [-0.1, -0.05) is 18.2 Å². The first-order chi connectivity index (χ1) is 7.86. The molecule has 1 saturated heterocycles. The monoisotopic (exact) mass is 220 g/mol. The van der Waals surface area contributed by atoms with Crippen LogP contribution in [0, 0.1) is 6.92 Å². The molecule has 16 heavy (non-hydrogen) atoms. The first kappa shape index (κ1) is 11.4. The van der Waals surface area contributed by atoms with Crippen LogP contribution < -0.4 is 10.6 Å². The summed E-state index contributed by atoms with van der Waals surface area (Å²) in [6.07, 6.45) is 1.42. The van der Waals surface area contributed by atoms with Crippen LogP contribution in [0.3, 0.4) is 0 Å². The lowest BCUT2D eigenvalue weighted by molar-refractivity contribution is 0.0258. The van der Waals surface area contributed by atoms with Gasteiger partial charge in [-0.3, -0.25) is 0 Å². The maximum Gasteiger partial charge on any atom is 0.0716 e. The number of para-hydroxylation sites is 1. The largest absolute Gasteiger partial charge is 0.385 e. The summed E-state index contributed by atoms with van der Waals surface area (Å²) in [4.78, 5) is 0. The molecule has 1 fully saturated rings. The molecule has 1 aromatic carbocycles. The lowest BCUT2D eigenvalue weighted by Crippen LogP contribution is -2.39. The van der Waals surface area contributed by atoms with Crippen LogP contribution in [0.2, 0.25) is 0 Å². The maximum atomic E-state index is 5.64. The molecule has 0 amide bonds. The van der Waals surface area contributed by atoms with Crippen molar-refractivity contribution in [2.75, 3.05) is 31.6 Å². The van der Waals surface area contributed by atoms with Gasteiger partial charge in [0.15, 0.2) is 0 Å². The number of nitrogens with one attached hydrogen (secondary N) is 2. The number of hydrogen-bond acceptors (Lipinski definition) is 3. The molecule has 0 saturated carbocycles. The van der Waals surface area contributed by atoms with Gasteiger partial charge in [0.05, 0.1) is 12.7 Å². The Balaban J connectivity index is 1.73. The second-order valence-corrected chi connectivity index (χ2v) is 4.23. The fraction of sp³-hybridized carbons (Fsp3) is 0.538. The molecule has 0 aromatic heterocycles. The third-order valence-corrected chi connectivity index (χ3v) is 2.93. The van der Waals surface area contributed by atoms with E-state index >= 15 is 0 Å². The Hall–Kier alpha value is -1.06. The molecular formula is C13H20N2O. The standard InChI is InChI=1S/C13H20N2O/c1-11-4-2-3-5-13(11)15-7-6-12-10-14-8-9-16-12/h2-5,12,14-15H,6-10H2,1H3. The molecule has 0 aliphatic carbocycles. The zero-order valence-electron chi connectivity index (χ0n) is 9.83. The van der Waals surface area contributed by atoms with Crippen LogP contribution in [0.1, 0.15) is 12.0 Å². The van der Waals surface area contributed by atoms with E-state index in [1.54, 1.807) is 0 Å². The highest BCUT2D eigenvalue weighted by molar-refractivity contribution is 5.50. The summed E-state index contributed by atoms with van der Waals surface area (Å²) in [6.45, 7) is 5.91. The van der Waals surface area contributed by atoms with Gasteiger partial charge in [-0.05, 0) is 25.0 Å². The van der Waals surface area contributed by atoms with Crippen molar-refractivity contribution in [1.82, 2.24) is 5.32 Å². The minimum Gasteiger partial charge on any atom is -0.385 e. The summed E-state index contributed by atoms with van der Waals surface area (Å²) in [5.41, 5.74) is 2.52. The lowest BCUT2D eigenvalue weighted by atomic mass is 10.2. The third-order valence-electron chi connectivity index (χ3n) is 2.93. The Morgan fingerprint density at radius 1 is 1.44 bits per heavy atom. The zero-order chi connectivity index (χ0) is 11.2. The molecule has 1 atom stereocenters. The van der Waals surface area contributed by atoms with E-state index in [0.29, 0.717) is 6.10 Å². The van der Waals surface area contributed by atoms with E-state index in [4.69, 9.17) is 4.74 Å². The van der Waals surface area contributed by atoms with E-state index in [0.717, 1.165) is 32.7 Å². The number of aryl methyl sites for hydroxylation is 1. The molecule has 1 heterocycles. The predicted molar refractivity (Wildman–Crippen MR) is 66.9 cm³/mol. The number of ether oxygens (including phenoxy) is 1. The minimum absolute atomic E-state index is 0.366. The van der Waals surface area contributed by atoms with Gasteiger partial charge in [0.2, 0.25) is 0 Å². The Labute approximate surface area is 97.2 Å². The molecular weight excluding hydrogens is 200 g/mol. The number of morpholine rings is 1. The minimum atomic E-state index is 0.366. The van der Waals surface area contributed by atoms with Crippen LogP contribution in [-0.4, -0.2) is 32.3 Å². The SMILES string of the molecule is Cc1ccccc1NCCC1CNCCO1. The van der Waals surface area contributed by atoms with E-state index in [-0.39, 0.29) is 0 Å². The van der Waals surface area contributed by atoms with Gasteiger partial charge in [-0.2, -0.15) is 0 Å². The van der Waals surface area contributed by atoms with Crippen LogP contribution in [0.25, 0.3) is 0 Å². The van der Waals surface area contributed by atoms with Crippen molar-refractivity contribution in [3.63, 3.8) is 0 Å². The quantitative estimate of drug-likeness (QED) is 0.811. The lowest BCUT2D eigenvalue weighted by Gasteiger charge is -2.23. The maximum absolute atomic E-state index is 5.64. The van der Waals surface area contributed by atoms with Crippen molar-refractivity contribution in [1.29, 1.82) is 0 Å². The normalized spacial score (nSPS) is 20.7. The highest BCUT2D eigenvalue weighted by atomic mass is 16.5. The van der Waals surface area contributed by atoms with Gasteiger partial charge in [-0.25, -0.2) is 0 Å². The molecule has 3 nitrogen and oxygen atoms in total. The van der Waals surface area contributed by atoms with Crippen LogP contribution >= 0.6 is 0 Å².